The largest absolute Gasteiger partial charge is 0.360 e. The third kappa shape index (κ3) is 2.47. The first-order valence-electron chi connectivity index (χ1n) is 5.24. The quantitative estimate of drug-likeness (QED) is 0.762. The van der Waals surface area contributed by atoms with Crippen molar-refractivity contribution in [1.29, 1.82) is 0 Å². The topological polar surface area (TPSA) is 88.3 Å². The van der Waals surface area contributed by atoms with Gasteiger partial charge in [-0.2, -0.15) is 0 Å². The predicted molar refractivity (Wildman–Crippen MR) is 60.4 cm³/mol. The standard InChI is InChI=1S/C9H13N7O/c1-3-15(2)9(17)6-10-7-4-5-8-11-13-14-16(8)12-7/h4-5H,3,6H2,1-2H3,(H,10,12). The summed E-state index contributed by atoms with van der Waals surface area (Å²) >= 11 is 0. The van der Waals surface area contributed by atoms with Crippen LogP contribution >= 0.6 is 0 Å². The van der Waals surface area contributed by atoms with Gasteiger partial charge in [0.25, 0.3) is 0 Å². The molecule has 8 heteroatoms. The molecule has 0 aliphatic rings. The van der Waals surface area contributed by atoms with Gasteiger partial charge in [-0.1, -0.05) is 0 Å². The Morgan fingerprint density at radius 2 is 2.35 bits per heavy atom. The summed E-state index contributed by atoms with van der Waals surface area (Å²) in [5, 5.41) is 17.9. The lowest BCUT2D eigenvalue weighted by molar-refractivity contribution is -0.127. The lowest BCUT2D eigenvalue weighted by atomic mass is 10.4. The molecular formula is C9H13N7O. The van der Waals surface area contributed by atoms with Crippen LogP contribution in [0.15, 0.2) is 12.1 Å². The summed E-state index contributed by atoms with van der Waals surface area (Å²) in [6.07, 6.45) is 0. The molecule has 0 aliphatic heterocycles. The molecule has 0 radical (unpaired) electrons. The summed E-state index contributed by atoms with van der Waals surface area (Å²) in [6.45, 7) is 2.80. The van der Waals surface area contributed by atoms with E-state index in [1.807, 2.05) is 6.92 Å². The van der Waals surface area contributed by atoms with Crippen molar-refractivity contribution in [1.82, 2.24) is 30.2 Å². The van der Waals surface area contributed by atoms with Gasteiger partial charge in [0.1, 0.15) is 5.82 Å². The fraction of sp³-hybridized carbons (Fsp3) is 0.444. The minimum Gasteiger partial charge on any atom is -0.360 e. The Kier molecular flexibility index (Phi) is 3.12. The highest BCUT2D eigenvalue weighted by Gasteiger charge is 2.07. The fourth-order valence-electron chi connectivity index (χ4n) is 1.22. The number of hydrogen-bond donors (Lipinski definition) is 1. The number of rotatable bonds is 4. The molecule has 0 aromatic carbocycles. The predicted octanol–water partition coefficient (Wildman–Crippen LogP) is -0.591. The van der Waals surface area contributed by atoms with Crippen molar-refractivity contribution >= 4 is 17.4 Å². The third-order valence-electron chi connectivity index (χ3n) is 2.39. The van der Waals surface area contributed by atoms with Crippen LogP contribution in [0.3, 0.4) is 0 Å². The van der Waals surface area contributed by atoms with Crippen LogP contribution in [0.2, 0.25) is 0 Å². The van der Waals surface area contributed by atoms with Crippen LogP contribution < -0.4 is 5.32 Å². The normalized spacial score (nSPS) is 10.5. The first-order chi connectivity index (χ1) is 8.20. The molecule has 1 N–H and O–H groups in total. The van der Waals surface area contributed by atoms with Gasteiger partial charge in [0.2, 0.25) is 5.91 Å². The van der Waals surface area contributed by atoms with Crippen LogP contribution in [0.25, 0.3) is 5.65 Å². The monoisotopic (exact) mass is 235 g/mol. The maximum atomic E-state index is 11.5. The summed E-state index contributed by atoms with van der Waals surface area (Å²) in [7, 11) is 1.75. The lowest BCUT2D eigenvalue weighted by Crippen LogP contribution is -2.32. The van der Waals surface area contributed by atoms with Crippen molar-refractivity contribution in [2.75, 3.05) is 25.5 Å². The molecule has 0 fully saturated rings. The molecule has 17 heavy (non-hydrogen) atoms. The highest BCUT2D eigenvalue weighted by molar-refractivity contribution is 5.80. The van der Waals surface area contributed by atoms with Gasteiger partial charge in [-0.25, -0.2) is 0 Å². The number of nitrogens with zero attached hydrogens (tertiary/aromatic N) is 6. The first kappa shape index (κ1) is 11.2. The van der Waals surface area contributed by atoms with E-state index in [-0.39, 0.29) is 12.5 Å². The average molecular weight is 235 g/mol. The number of tetrazole rings is 1. The van der Waals surface area contributed by atoms with Crippen molar-refractivity contribution in [3.05, 3.63) is 12.1 Å². The van der Waals surface area contributed by atoms with E-state index in [0.717, 1.165) is 0 Å². The lowest BCUT2D eigenvalue weighted by Gasteiger charge is -2.14. The van der Waals surface area contributed by atoms with E-state index in [1.54, 1.807) is 24.1 Å². The molecule has 0 aliphatic carbocycles. The van der Waals surface area contributed by atoms with Crippen molar-refractivity contribution in [3.8, 4) is 0 Å². The number of hydrogen-bond acceptors (Lipinski definition) is 6. The Hall–Kier alpha value is -2.25. The number of amides is 1. The van der Waals surface area contributed by atoms with Crippen LogP contribution in [-0.4, -0.2) is 56.2 Å². The number of carbonyl (C=O) groups excluding carboxylic acids is 1. The van der Waals surface area contributed by atoms with Crippen LogP contribution in [0.1, 0.15) is 6.92 Å². The second-order valence-electron chi connectivity index (χ2n) is 3.51. The van der Waals surface area contributed by atoms with E-state index in [0.29, 0.717) is 18.0 Å². The maximum absolute atomic E-state index is 11.5. The molecule has 0 spiro atoms. The van der Waals surface area contributed by atoms with Crippen LogP contribution in [0, 0.1) is 0 Å². The summed E-state index contributed by atoms with van der Waals surface area (Å²) in [5.41, 5.74) is 0.563. The molecule has 2 rings (SSSR count). The van der Waals surface area contributed by atoms with Crippen LogP contribution in [0.5, 0.6) is 0 Å². The third-order valence-corrected chi connectivity index (χ3v) is 2.39. The van der Waals surface area contributed by atoms with E-state index in [9.17, 15) is 4.79 Å². The number of aromatic nitrogens is 5. The Labute approximate surface area is 97.6 Å². The number of carbonyl (C=O) groups is 1. The minimum absolute atomic E-state index is 0.00566. The maximum Gasteiger partial charge on any atom is 0.241 e. The Balaban J connectivity index is 2.01. The second kappa shape index (κ2) is 4.73. The van der Waals surface area contributed by atoms with Gasteiger partial charge in [-0.3, -0.25) is 4.79 Å². The van der Waals surface area contributed by atoms with Gasteiger partial charge < -0.3 is 10.2 Å². The van der Waals surface area contributed by atoms with Crippen molar-refractivity contribution in [2.24, 2.45) is 0 Å². The Bertz CT molecular complexity index is 523. The van der Waals surface area contributed by atoms with Gasteiger partial charge in [0, 0.05) is 13.6 Å². The number of likely N-dealkylation sites (N-methyl/N-ethyl adjacent to an activating group) is 1. The van der Waals surface area contributed by atoms with Gasteiger partial charge in [-0.05, 0) is 29.5 Å². The van der Waals surface area contributed by atoms with E-state index >= 15 is 0 Å². The Morgan fingerprint density at radius 1 is 1.53 bits per heavy atom. The van der Waals surface area contributed by atoms with E-state index in [1.165, 1.54) is 4.63 Å². The van der Waals surface area contributed by atoms with Crippen LogP contribution in [-0.2, 0) is 4.79 Å². The van der Waals surface area contributed by atoms with E-state index in [2.05, 4.69) is 25.9 Å². The van der Waals surface area contributed by atoms with Crippen LogP contribution in [0.4, 0.5) is 5.82 Å². The molecule has 2 aromatic rings. The fourth-order valence-corrected chi connectivity index (χ4v) is 1.22. The molecule has 8 nitrogen and oxygen atoms in total. The number of nitrogens with one attached hydrogen (secondary N) is 1. The van der Waals surface area contributed by atoms with E-state index in [4.69, 9.17) is 0 Å². The zero-order valence-corrected chi connectivity index (χ0v) is 9.66. The molecule has 2 heterocycles. The van der Waals surface area contributed by atoms with Crippen molar-refractivity contribution in [2.45, 2.75) is 6.92 Å². The molecule has 0 saturated heterocycles. The molecule has 0 unspecified atom stereocenters. The van der Waals surface area contributed by atoms with Gasteiger partial charge in [0.05, 0.1) is 6.54 Å². The van der Waals surface area contributed by atoms with Gasteiger partial charge >= 0.3 is 0 Å². The first-order valence-corrected chi connectivity index (χ1v) is 5.24. The van der Waals surface area contributed by atoms with Crippen molar-refractivity contribution < 1.29 is 4.79 Å². The number of anilines is 1. The smallest absolute Gasteiger partial charge is 0.241 e. The zero-order chi connectivity index (χ0) is 12.3. The number of fused-ring (bicyclic) bond motifs is 1. The zero-order valence-electron chi connectivity index (χ0n) is 9.66. The summed E-state index contributed by atoms with van der Waals surface area (Å²) < 4.78 is 1.30. The van der Waals surface area contributed by atoms with Gasteiger partial charge in [-0.15, -0.1) is 14.8 Å². The highest BCUT2D eigenvalue weighted by Crippen LogP contribution is 2.02. The molecule has 2 aromatic heterocycles. The highest BCUT2D eigenvalue weighted by atomic mass is 16.2. The minimum atomic E-state index is 0.00566. The second-order valence-corrected chi connectivity index (χ2v) is 3.51. The van der Waals surface area contributed by atoms with E-state index < -0.39 is 0 Å². The van der Waals surface area contributed by atoms with Crippen molar-refractivity contribution in [3.63, 3.8) is 0 Å². The average Bonchev–Trinajstić information content (AvgIpc) is 2.82. The molecule has 0 bridgehead atoms. The molecule has 90 valence electrons. The summed E-state index contributed by atoms with van der Waals surface area (Å²) in [6, 6.07) is 3.45. The summed E-state index contributed by atoms with van der Waals surface area (Å²) in [4.78, 5) is 13.2. The molecular weight excluding hydrogens is 222 g/mol. The Morgan fingerprint density at radius 3 is 3.12 bits per heavy atom. The summed E-state index contributed by atoms with van der Waals surface area (Å²) in [5.74, 6) is 0.564. The molecule has 1 amide bonds. The van der Waals surface area contributed by atoms with Gasteiger partial charge in [0.15, 0.2) is 5.65 Å². The molecule has 0 atom stereocenters. The molecule has 0 saturated carbocycles. The SMILES string of the molecule is CCN(C)C(=O)CNc1ccc2nnnn2n1.